The number of hydrogen-bond donors (Lipinski definition) is 2. The van der Waals surface area contributed by atoms with Crippen LogP contribution in [-0.4, -0.2) is 28.6 Å². The van der Waals surface area contributed by atoms with Crippen LogP contribution in [0, 0.1) is 5.92 Å². The molecule has 1 amide bonds. The highest BCUT2D eigenvalue weighted by Crippen LogP contribution is 2.23. The number of thiazole rings is 1. The van der Waals surface area contributed by atoms with Crippen LogP contribution in [-0.2, 0) is 17.6 Å². The number of nitrogens with one attached hydrogen (secondary N) is 1. The fourth-order valence-electron chi connectivity index (χ4n) is 2.53. The summed E-state index contributed by atoms with van der Waals surface area (Å²) in [6.07, 6.45) is 5.00. The third-order valence-corrected chi connectivity index (χ3v) is 4.63. The van der Waals surface area contributed by atoms with Crippen LogP contribution >= 0.6 is 11.3 Å². The van der Waals surface area contributed by atoms with Gasteiger partial charge in [-0.1, -0.05) is 13.3 Å². The maximum atomic E-state index is 11.8. The van der Waals surface area contributed by atoms with Crippen molar-refractivity contribution >= 4 is 17.2 Å². The molecule has 0 unspecified atom stereocenters. The quantitative estimate of drug-likeness (QED) is 0.867. The molecule has 19 heavy (non-hydrogen) atoms. The summed E-state index contributed by atoms with van der Waals surface area (Å²) in [6.45, 7) is 2.75. The molecule has 0 aromatic carbocycles. The SMILES string of the molecule is CCc1nc(CC(=O)NC[C@H]2CCC[C@@H](O)C2)cs1. The van der Waals surface area contributed by atoms with Gasteiger partial charge in [-0.25, -0.2) is 4.98 Å². The van der Waals surface area contributed by atoms with Crippen LogP contribution in [0.5, 0.6) is 0 Å². The van der Waals surface area contributed by atoms with Crippen molar-refractivity contribution in [3.05, 3.63) is 16.1 Å². The van der Waals surface area contributed by atoms with E-state index >= 15 is 0 Å². The molecule has 0 radical (unpaired) electrons. The number of carbonyl (C=O) groups is 1. The largest absolute Gasteiger partial charge is 0.393 e. The second kappa shape index (κ2) is 7.01. The van der Waals surface area contributed by atoms with Crippen molar-refractivity contribution in [1.82, 2.24) is 10.3 Å². The molecule has 106 valence electrons. The highest BCUT2D eigenvalue weighted by atomic mass is 32.1. The molecule has 0 bridgehead atoms. The molecule has 1 saturated carbocycles. The molecule has 1 aliphatic rings. The summed E-state index contributed by atoms with van der Waals surface area (Å²) in [6, 6.07) is 0. The Labute approximate surface area is 118 Å². The number of aryl methyl sites for hydroxylation is 1. The number of aliphatic hydroxyl groups is 1. The second-order valence-corrected chi connectivity index (χ2v) is 6.20. The Kier molecular flexibility index (Phi) is 5.34. The average molecular weight is 282 g/mol. The molecular formula is C14H22N2O2S. The summed E-state index contributed by atoms with van der Waals surface area (Å²) < 4.78 is 0. The first-order valence-electron chi connectivity index (χ1n) is 7.05. The maximum Gasteiger partial charge on any atom is 0.226 e. The number of nitrogens with zero attached hydrogens (tertiary/aromatic N) is 1. The lowest BCUT2D eigenvalue weighted by molar-refractivity contribution is -0.120. The van der Waals surface area contributed by atoms with Gasteiger partial charge in [0.2, 0.25) is 5.91 Å². The van der Waals surface area contributed by atoms with Crippen molar-refractivity contribution in [1.29, 1.82) is 0 Å². The zero-order valence-corrected chi connectivity index (χ0v) is 12.2. The Morgan fingerprint density at radius 2 is 2.42 bits per heavy atom. The van der Waals surface area contributed by atoms with Gasteiger partial charge in [0.15, 0.2) is 0 Å². The van der Waals surface area contributed by atoms with E-state index < -0.39 is 0 Å². The Bertz CT molecular complexity index is 419. The van der Waals surface area contributed by atoms with Gasteiger partial charge in [-0.2, -0.15) is 0 Å². The third-order valence-electron chi connectivity index (χ3n) is 3.59. The van der Waals surface area contributed by atoms with E-state index in [1.807, 2.05) is 5.38 Å². The molecule has 0 aliphatic heterocycles. The fraction of sp³-hybridized carbons (Fsp3) is 0.714. The number of rotatable bonds is 5. The molecule has 2 atom stereocenters. The van der Waals surface area contributed by atoms with Crippen LogP contribution in [0.4, 0.5) is 0 Å². The maximum absolute atomic E-state index is 11.8. The Morgan fingerprint density at radius 1 is 1.58 bits per heavy atom. The number of hydrogen-bond acceptors (Lipinski definition) is 4. The minimum absolute atomic E-state index is 0.0352. The van der Waals surface area contributed by atoms with Crippen molar-refractivity contribution in [2.24, 2.45) is 5.92 Å². The van der Waals surface area contributed by atoms with Crippen molar-refractivity contribution in [3.63, 3.8) is 0 Å². The molecular weight excluding hydrogens is 260 g/mol. The average Bonchev–Trinajstić information content (AvgIpc) is 2.84. The van der Waals surface area contributed by atoms with E-state index in [2.05, 4.69) is 17.2 Å². The van der Waals surface area contributed by atoms with Gasteiger partial charge in [0.25, 0.3) is 0 Å². The standard InChI is InChI=1S/C14H22N2O2S/c1-2-14-16-11(9-19-14)7-13(18)15-8-10-4-3-5-12(17)6-10/h9-10,12,17H,2-8H2,1H3,(H,15,18)/t10-,12+/m0/s1. The Hall–Kier alpha value is -0.940. The topological polar surface area (TPSA) is 62.2 Å². The van der Waals surface area contributed by atoms with E-state index in [9.17, 15) is 9.90 Å². The Morgan fingerprint density at radius 3 is 3.11 bits per heavy atom. The molecule has 0 spiro atoms. The van der Waals surface area contributed by atoms with Crippen LogP contribution in [0.2, 0.25) is 0 Å². The molecule has 4 nitrogen and oxygen atoms in total. The molecule has 1 fully saturated rings. The van der Waals surface area contributed by atoms with Crippen LogP contribution in [0.3, 0.4) is 0 Å². The van der Waals surface area contributed by atoms with Crippen molar-refractivity contribution in [2.75, 3.05) is 6.54 Å². The summed E-state index contributed by atoms with van der Waals surface area (Å²) in [7, 11) is 0. The first-order valence-corrected chi connectivity index (χ1v) is 7.93. The van der Waals surface area contributed by atoms with E-state index in [0.717, 1.165) is 42.8 Å². The smallest absolute Gasteiger partial charge is 0.226 e. The van der Waals surface area contributed by atoms with Crippen LogP contribution < -0.4 is 5.32 Å². The molecule has 1 heterocycles. The molecule has 5 heteroatoms. The number of aromatic nitrogens is 1. The summed E-state index contributed by atoms with van der Waals surface area (Å²) >= 11 is 1.61. The van der Waals surface area contributed by atoms with Gasteiger partial charge in [0.1, 0.15) is 0 Å². The van der Waals surface area contributed by atoms with Gasteiger partial charge in [0.05, 0.1) is 23.2 Å². The summed E-state index contributed by atoms with van der Waals surface area (Å²) in [5, 5.41) is 15.6. The molecule has 1 aromatic rings. The molecule has 2 N–H and O–H groups in total. The van der Waals surface area contributed by atoms with E-state index in [1.54, 1.807) is 11.3 Å². The third kappa shape index (κ3) is 4.58. The number of amides is 1. The predicted molar refractivity (Wildman–Crippen MR) is 76.2 cm³/mol. The van der Waals surface area contributed by atoms with Crippen molar-refractivity contribution < 1.29 is 9.90 Å². The lowest BCUT2D eigenvalue weighted by atomic mass is 9.87. The summed E-state index contributed by atoms with van der Waals surface area (Å²) in [4.78, 5) is 16.2. The van der Waals surface area contributed by atoms with Crippen molar-refractivity contribution in [2.45, 2.75) is 51.6 Å². The minimum atomic E-state index is -0.179. The van der Waals surface area contributed by atoms with Gasteiger partial charge >= 0.3 is 0 Å². The first kappa shape index (κ1) is 14.5. The van der Waals surface area contributed by atoms with Crippen molar-refractivity contribution in [3.8, 4) is 0 Å². The highest BCUT2D eigenvalue weighted by Gasteiger charge is 2.20. The fourth-order valence-corrected chi connectivity index (χ4v) is 3.27. The first-order chi connectivity index (χ1) is 9.17. The van der Waals surface area contributed by atoms with Gasteiger partial charge < -0.3 is 10.4 Å². The van der Waals surface area contributed by atoms with E-state index in [1.165, 1.54) is 0 Å². The molecule has 0 saturated heterocycles. The van der Waals surface area contributed by atoms with Gasteiger partial charge in [-0.3, -0.25) is 4.79 Å². The predicted octanol–water partition coefficient (Wildman–Crippen LogP) is 1.92. The Balaban J connectivity index is 1.72. The summed E-state index contributed by atoms with van der Waals surface area (Å²) in [5.41, 5.74) is 0.864. The molecule has 2 rings (SSSR count). The van der Waals surface area contributed by atoms with Gasteiger partial charge in [-0.05, 0) is 31.6 Å². The monoisotopic (exact) mass is 282 g/mol. The van der Waals surface area contributed by atoms with Crippen LogP contribution in [0.1, 0.15) is 43.3 Å². The summed E-state index contributed by atoms with van der Waals surface area (Å²) in [5.74, 6) is 0.461. The molecule has 1 aromatic heterocycles. The zero-order valence-electron chi connectivity index (χ0n) is 11.4. The lowest BCUT2D eigenvalue weighted by Crippen LogP contribution is -2.33. The second-order valence-electron chi connectivity index (χ2n) is 5.25. The number of carbonyl (C=O) groups excluding carboxylic acids is 1. The number of aliphatic hydroxyl groups excluding tert-OH is 1. The van der Waals surface area contributed by atoms with E-state index in [4.69, 9.17) is 0 Å². The van der Waals surface area contributed by atoms with E-state index in [-0.39, 0.29) is 12.0 Å². The van der Waals surface area contributed by atoms with Gasteiger partial charge in [0, 0.05) is 11.9 Å². The van der Waals surface area contributed by atoms with Gasteiger partial charge in [-0.15, -0.1) is 11.3 Å². The lowest BCUT2D eigenvalue weighted by Gasteiger charge is -2.25. The molecule has 1 aliphatic carbocycles. The normalized spacial score (nSPS) is 23.3. The minimum Gasteiger partial charge on any atom is -0.393 e. The zero-order chi connectivity index (χ0) is 13.7. The van der Waals surface area contributed by atoms with Crippen LogP contribution in [0.15, 0.2) is 5.38 Å². The highest BCUT2D eigenvalue weighted by molar-refractivity contribution is 7.09. The van der Waals surface area contributed by atoms with E-state index in [0.29, 0.717) is 18.9 Å². The van der Waals surface area contributed by atoms with Crippen LogP contribution in [0.25, 0.3) is 0 Å².